The van der Waals surface area contributed by atoms with Crippen LogP contribution in [-0.2, 0) is 6.42 Å². The molecule has 0 radical (unpaired) electrons. The molecule has 0 aliphatic heterocycles. The predicted octanol–water partition coefficient (Wildman–Crippen LogP) is 3.59. The molecule has 0 saturated heterocycles. The summed E-state index contributed by atoms with van der Waals surface area (Å²) in [4.78, 5) is 4.07. The standard InChI is InChI=1S/C11H10ClFN2S/c12-10-7-16-11(15-10)14-6-5-8-1-3-9(13)4-2-8/h1-4,7H,5-6H2,(H,14,15). The molecule has 0 amide bonds. The summed E-state index contributed by atoms with van der Waals surface area (Å²) in [6.45, 7) is 0.759. The highest BCUT2D eigenvalue weighted by molar-refractivity contribution is 7.14. The zero-order valence-corrected chi connectivity index (χ0v) is 9.98. The van der Waals surface area contributed by atoms with E-state index in [1.807, 2.05) is 0 Å². The molecule has 2 nitrogen and oxygen atoms in total. The molecule has 0 bridgehead atoms. The molecule has 1 aromatic carbocycles. The van der Waals surface area contributed by atoms with Crippen molar-refractivity contribution in [2.75, 3.05) is 11.9 Å². The zero-order valence-electron chi connectivity index (χ0n) is 8.41. The van der Waals surface area contributed by atoms with Crippen LogP contribution in [0.2, 0.25) is 5.15 Å². The van der Waals surface area contributed by atoms with Gasteiger partial charge in [0.15, 0.2) is 5.13 Å². The van der Waals surface area contributed by atoms with Crippen molar-refractivity contribution in [1.29, 1.82) is 0 Å². The van der Waals surface area contributed by atoms with E-state index in [9.17, 15) is 4.39 Å². The van der Waals surface area contributed by atoms with E-state index in [4.69, 9.17) is 11.6 Å². The number of rotatable bonds is 4. The monoisotopic (exact) mass is 256 g/mol. The second kappa shape index (κ2) is 5.27. The number of benzene rings is 1. The molecule has 2 rings (SSSR count). The highest BCUT2D eigenvalue weighted by Gasteiger charge is 1.98. The van der Waals surface area contributed by atoms with Gasteiger partial charge in [0.2, 0.25) is 0 Å². The summed E-state index contributed by atoms with van der Waals surface area (Å²) in [5.74, 6) is -0.205. The lowest BCUT2D eigenvalue weighted by Gasteiger charge is -2.02. The number of hydrogen-bond acceptors (Lipinski definition) is 3. The molecule has 2 aromatic rings. The summed E-state index contributed by atoms with van der Waals surface area (Å²) < 4.78 is 12.6. The molecule has 1 N–H and O–H groups in total. The number of nitrogens with zero attached hydrogens (tertiary/aromatic N) is 1. The van der Waals surface area contributed by atoms with Crippen molar-refractivity contribution in [3.05, 3.63) is 46.2 Å². The summed E-state index contributed by atoms with van der Waals surface area (Å²) in [6.07, 6.45) is 0.831. The number of hydrogen-bond donors (Lipinski definition) is 1. The number of halogens is 2. The van der Waals surface area contributed by atoms with E-state index in [1.54, 1.807) is 17.5 Å². The maximum absolute atomic E-state index is 12.6. The highest BCUT2D eigenvalue weighted by Crippen LogP contribution is 2.18. The van der Waals surface area contributed by atoms with Crippen LogP contribution in [0.25, 0.3) is 0 Å². The van der Waals surface area contributed by atoms with Crippen LogP contribution in [0.5, 0.6) is 0 Å². The maximum atomic E-state index is 12.6. The molecule has 0 unspecified atom stereocenters. The van der Waals surface area contributed by atoms with Crippen LogP contribution in [0.15, 0.2) is 29.6 Å². The van der Waals surface area contributed by atoms with Crippen molar-refractivity contribution in [3.63, 3.8) is 0 Å². The van der Waals surface area contributed by atoms with E-state index in [2.05, 4.69) is 10.3 Å². The Labute approximate surface area is 102 Å². The van der Waals surface area contributed by atoms with Crippen LogP contribution in [0.3, 0.4) is 0 Å². The number of thiazole rings is 1. The van der Waals surface area contributed by atoms with Gasteiger partial charge in [0.25, 0.3) is 0 Å². The second-order valence-electron chi connectivity index (χ2n) is 3.28. The lowest BCUT2D eigenvalue weighted by Crippen LogP contribution is -2.04. The van der Waals surface area contributed by atoms with Crippen molar-refractivity contribution >= 4 is 28.1 Å². The van der Waals surface area contributed by atoms with Crippen molar-refractivity contribution in [3.8, 4) is 0 Å². The van der Waals surface area contributed by atoms with Gasteiger partial charge in [-0.15, -0.1) is 11.3 Å². The molecule has 0 spiro atoms. The Morgan fingerprint density at radius 1 is 1.31 bits per heavy atom. The average Bonchev–Trinajstić information content (AvgIpc) is 2.67. The number of nitrogens with one attached hydrogen (secondary N) is 1. The first-order chi connectivity index (χ1) is 7.74. The molecule has 1 aromatic heterocycles. The van der Waals surface area contributed by atoms with Gasteiger partial charge >= 0.3 is 0 Å². The van der Waals surface area contributed by atoms with Gasteiger partial charge in [-0.1, -0.05) is 23.7 Å². The maximum Gasteiger partial charge on any atom is 0.184 e. The van der Waals surface area contributed by atoms with Crippen LogP contribution >= 0.6 is 22.9 Å². The largest absolute Gasteiger partial charge is 0.361 e. The molecular formula is C11H10ClFN2S. The van der Waals surface area contributed by atoms with E-state index in [1.165, 1.54) is 23.5 Å². The minimum absolute atomic E-state index is 0.205. The second-order valence-corrected chi connectivity index (χ2v) is 4.52. The van der Waals surface area contributed by atoms with E-state index >= 15 is 0 Å². The fourth-order valence-corrected chi connectivity index (χ4v) is 2.17. The Morgan fingerprint density at radius 3 is 2.69 bits per heavy atom. The Kier molecular flexibility index (Phi) is 3.74. The molecule has 0 saturated carbocycles. The van der Waals surface area contributed by atoms with Crippen LogP contribution in [0.4, 0.5) is 9.52 Å². The summed E-state index contributed by atoms with van der Waals surface area (Å²) in [5, 5.41) is 6.26. The topological polar surface area (TPSA) is 24.9 Å². The van der Waals surface area contributed by atoms with Crippen molar-refractivity contribution in [2.45, 2.75) is 6.42 Å². The quantitative estimate of drug-likeness (QED) is 0.904. The fourth-order valence-electron chi connectivity index (χ4n) is 1.30. The van der Waals surface area contributed by atoms with Crippen molar-refractivity contribution in [1.82, 2.24) is 4.98 Å². The van der Waals surface area contributed by atoms with Gasteiger partial charge in [0, 0.05) is 11.9 Å². The van der Waals surface area contributed by atoms with Gasteiger partial charge in [-0.25, -0.2) is 9.37 Å². The third kappa shape index (κ3) is 3.18. The third-order valence-corrected chi connectivity index (χ3v) is 3.20. The Morgan fingerprint density at radius 2 is 2.06 bits per heavy atom. The molecule has 0 atom stereocenters. The molecule has 0 aliphatic rings. The first-order valence-electron chi connectivity index (χ1n) is 4.83. The van der Waals surface area contributed by atoms with E-state index < -0.39 is 0 Å². The Balaban J connectivity index is 1.82. The number of anilines is 1. The van der Waals surface area contributed by atoms with Crippen LogP contribution < -0.4 is 5.32 Å². The van der Waals surface area contributed by atoms with Gasteiger partial charge in [-0.3, -0.25) is 0 Å². The fraction of sp³-hybridized carbons (Fsp3) is 0.182. The smallest absolute Gasteiger partial charge is 0.184 e. The van der Waals surface area contributed by atoms with E-state index in [-0.39, 0.29) is 5.82 Å². The average molecular weight is 257 g/mol. The Bertz CT molecular complexity index is 455. The predicted molar refractivity (Wildman–Crippen MR) is 65.7 cm³/mol. The molecule has 0 aliphatic carbocycles. The SMILES string of the molecule is Fc1ccc(CCNc2nc(Cl)cs2)cc1. The third-order valence-electron chi connectivity index (χ3n) is 2.08. The molecule has 0 fully saturated rings. The lowest BCUT2D eigenvalue weighted by molar-refractivity contribution is 0.627. The van der Waals surface area contributed by atoms with Crippen LogP contribution in [-0.4, -0.2) is 11.5 Å². The van der Waals surface area contributed by atoms with Crippen molar-refractivity contribution in [2.24, 2.45) is 0 Å². The van der Waals surface area contributed by atoms with Gasteiger partial charge in [-0.2, -0.15) is 0 Å². The summed E-state index contributed by atoms with van der Waals surface area (Å²) in [5.41, 5.74) is 1.09. The van der Waals surface area contributed by atoms with E-state index in [0.29, 0.717) is 5.15 Å². The van der Waals surface area contributed by atoms with Gasteiger partial charge < -0.3 is 5.32 Å². The van der Waals surface area contributed by atoms with Crippen molar-refractivity contribution < 1.29 is 4.39 Å². The molecule has 84 valence electrons. The molecule has 5 heteroatoms. The van der Waals surface area contributed by atoms with Crippen LogP contribution in [0, 0.1) is 5.82 Å². The summed E-state index contributed by atoms with van der Waals surface area (Å²) >= 11 is 7.16. The van der Waals surface area contributed by atoms with E-state index in [0.717, 1.165) is 23.7 Å². The summed E-state index contributed by atoms with van der Waals surface area (Å²) in [6, 6.07) is 6.50. The zero-order chi connectivity index (χ0) is 11.4. The molecular weight excluding hydrogens is 247 g/mol. The number of aromatic nitrogens is 1. The minimum atomic E-state index is -0.205. The highest BCUT2D eigenvalue weighted by atomic mass is 35.5. The van der Waals surface area contributed by atoms with Gasteiger partial charge in [-0.05, 0) is 24.1 Å². The first kappa shape index (κ1) is 11.4. The van der Waals surface area contributed by atoms with Crippen LogP contribution in [0.1, 0.15) is 5.56 Å². The summed E-state index contributed by atoms with van der Waals surface area (Å²) in [7, 11) is 0. The normalized spacial score (nSPS) is 10.4. The minimum Gasteiger partial charge on any atom is -0.361 e. The molecule has 16 heavy (non-hydrogen) atoms. The van der Waals surface area contributed by atoms with Gasteiger partial charge in [0.1, 0.15) is 11.0 Å². The molecule has 1 heterocycles. The van der Waals surface area contributed by atoms with Gasteiger partial charge in [0.05, 0.1) is 0 Å². The Hall–Kier alpha value is -1.13. The lowest BCUT2D eigenvalue weighted by atomic mass is 10.1. The first-order valence-corrected chi connectivity index (χ1v) is 6.09.